The lowest BCUT2D eigenvalue weighted by Crippen LogP contribution is -1.99. The van der Waals surface area contributed by atoms with E-state index >= 15 is 0 Å². The summed E-state index contributed by atoms with van der Waals surface area (Å²) in [5, 5.41) is 17.6. The molecule has 5 heteroatoms. The van der Waals surface area contributed by atoms with Gasteiger partial charge in [-0.3, -0.25) is 0 Å². The van der Waals surface area contributed by atoms with Crippen molar-refractivity contribution in [1.82, 2.24) is 14.8 Å². The van der Waals surface area contributed by atoms with Crippen molar-refractivity contribution < 1.29 is 0 Å². The third kappa shape index (κ3) is 5.19. The summed E-state index contributed by atoms with van der Waals surface area (Å²) in [5.74, 6) is 0. The van der Waals surface area contributed by atoms with Crippen molar-refractivity contribution in [2.24, 2.45) is 0 Å². The fourth-order valence-electron chi connectivity index (χ4n) is 4.42. The number of aryl methyl sites for hydroxylation is 1. The largest absolute Gasteiger partial charge is 0.235 e. The predicted molar refractivity (Wildman–Crippen MR) is 160 cm³/mol. The Morgan fingerprint density at radius 1 is 0.769 bits per heavy atom. The van der Waals surface area contributed by atoms with Crippen LogP contribution in [0.1, 0.15) is 16.1 Å². The molecule has 0 fully saturated rings. The summed E-state index contributed by atoms with van der Waals surface area (Å²) in [6.07, 6.45) is 1.89. The molecular formula is C34H24N4S. The van der Waals surface area contributed by atoms with Gasteiger partial charge in [0.15, 0.2) is 0 Å². The molecule has 6 rings (SSSR count). The first-order chi connectivity index (χ1) is 19.2. The van der Waals surface area contributed by atoms with Crippen LogP contribution in [0.3, 0.4) is 0 Å². The Labute approximate surface area is 231 Å². The van der Waals surface area contributed by atoms with E-state index in [4.69, 9.17) is 10.1 Å². The molecule has 0 aliphatic rings. The Bertz CT molecular complexity index is 1790. The van der Waals surface area contributed by atoms with E-state index in [1.165, 1.54) is 16.9 Å². The molecule has 0 bridgehead atoms. The van der Waals surface area contributed by atoms with E-state index < -0.39 is 0 Å². The minimum atomic E-state index is 0.543. The molecular weight excluding hydrogens is 496 g/mol. The van der Waals surface area contributed by atoms with Gasteiger partial charge in [0, 0.05) is 22.1 Å². The van der Waals surface area contributed by atoms with Crippen molar-refractivity contribution in [3.05, 3.63) is 137 Å². The Morgan fingerprint density at radius 3 is 2.08 bits per heavy atom. The Balaban J connectivity index is 1.32. The second kappa shape index (κ2) is 10.7. The van der Waals surface area contributed by atoms with Crippen molar-refractivity contribution in [3.63, 3.8) is 0 Å². The molecule has 2 heterocycles. The van der Waals surface area contributed by atoms with Crippen molar-refractivity contribution in [2.45, 2.75) is 6.92 Å². The fraction of sp³-hybridized carbons (Fsp3) is 0.0294. The molecule has 0 aliphatic heterocycles. The summed E-state index contributed by atoms with van der Waals surface area (Å²) in [6.45, 7) is 2.06. The maximum absolute atomic E-state index is 9.90. The maximum Gasteiger partial charge on any atom is 0.134 e. The van der Waals surface area contributed by atoms with Gasteiger partial charge in [0.05, 0.1) is 28.3 Å². The van der Waals surface area contributed by atoms with Crippen molar-refractivity contribution in [2.75, 3.05) is 0 Å². The zero-order valence-electron chi connectivity index (χ0n) is 21.3. The first-order valence-corrected chi connectivity index (χ1v) is 13.5. The number of thiazole rings is 1. The van der Waals surface area contributed by atoms with E-state index in [9.17, 15) is 5.26 Å². The van der Waals surface area contributed by atoms with E-state index in [0.717, 1.165) is 45.0 Å². The average molecular weight is 521 g/mol. The molecule has 39 heavy (non-hydrogen) atoms. The standard InChI is InChI=1S/C34H24N4S/c1-24-12-16-27(17-13-24)32-23-39-34(36-32)29(22-35)20-25-14-18-30(19-15-25)38-33(28-10-6-3-7-11-28)21-31(37-38)26-8-4-2-5-9-26/h2-21,23H,1H3/b29-20+. The van der Waals surface area contributed by atoms with Crippen LogP contribution >= 0.6 is 11.3 Å². The minimum Gasteiger partial charge on any atom is -0.235 e. The predicted octanol–water partition coefficient (Wildman–Crippen LogP) is 8.70. The van der Waals surface area contributed by atoms with Gasteiger partial charge in [-0.1, -0.05) is 103 Å². The first-order valence-electron chi connectivity index (χ1n) is 12.6. The molecule has 0 spiro atoms. The smallest absolute Gasteiger partial charge is 0.134 e. The summed E-state index contributed by atoms with van der Waals surface area (Å²) < 4.78 is 1.98. The highest BCUT2D eigenvalue weighted by Gasteiger charge is 2.14. The van der Waals surface area contributed by atoms with E-state index in [1.807, 2.05) is 76.8 Å². The van der Waals surface area contributed by atoms with Gasteiger partial charge >= 0.3 is 0 Å². The van der Waals surface area contributed by atoms with E-state index in [-0.39, 0.29) is 0 Å². The van der Waals surface area contributed by atoms with Gasteiger partial charge in [-0.25, -0.2) is 9.67 Å². The van der Waals surface area contributed by atoms with Crippen LogP contribution in [0.25, 0.3) is 51.1 Å². The van der Waals surface area contributed by atoms with Crippen LogP contribution < -0.4 is 0 Å². The van der Waals surface area contributed by atoms with Gasteiger partial charge in [-0.05, 0) is 36.8 Å². The third-order valence-electron chi connectivity index (χ3n) is 6.50. The fourth-order valence-corrected chi connectivity index (χ4v) is 5.21. The van der Waals surface area contributed by atoms with Gasteiger partial charge < -0.3 is 0 Å². The molecule has 0 N–H and O–H groups in total. The summed E-state index contributed by atoms with van der Waals surface area (Å²) in [4.78, 5) is 4.73. The molecule has 0 saturated carbocycles. The van der Waals surface area contributed by atoms with Crippen LogP contribution in [0.2, 0.25) is 0 Å². The monoisotopic (exact) mass is 520 g/mol. The second-order valence-corrected chi connectivity index (χ2v) is 10.1. The molecule has 0 saturated heterocycles. The Morgan fingerprint density at radius 2 is 1.41 bits per heavy atom. The molecule has 0 radical (unpaired) electrons. The average Bonchev–Trinajstić information content (AvgIpc) is 3.66. The quantitative estimate of drug-likeness (QED) is 0.206. The minimum absolute atomic E-state index is 0.543. The van der Waals surface area contributed by atoms with Gasteiger partial charge in [0.1, 0.15) is 11.1 Å². The van der Waals surface area contributed by atoms with Crippen LogP contribution in [0.15, 0.2) is 121 Å². The maximum atomic E-state index is 9.90. The number of nitrogens with zero attached hydrogens (tertiary/aromatic N) is 4. The van der Waals surface area contributed by atoms with Crippen LogP contribution in [0.5, 0.6) is 0 Å². The SMILES string of the molecule is Cc1ccc(-c2csc(/C(C#N)=C/c3ccc(-n4nc(-c5ccccc5)cc4-c4ccccc4)cc3)n2)cc1. The van der Waals surface area contributed by atoms with Gasteiger partial charge in [0.25, 0.3) is 0 Å². The van der Waals surface area contributed by atoms with E-state index in [1.54, 1.807) is 0 Å². The number of aromatic nitrogens is 3. The van der Waals surface area contributed by atoms with Crippen LogP contribution in [0, 0.1) is 18.3 Å². The van der Waals surface area contributed by atoms with Crippen molar-refractivity contribution in [3.8, 4) is 45.5 Å². The summed E-state index contributed by atoms with van der Waals surface area (Å²) in [6, 6.07) is 41.3. The van der Waals surface area contributed by atoms with Gasteiger partial charge in [-0.15, -0.1) is 11.3 Å². The number of hydrogen-bond donors (Lipinski definition) is 0. The highest BCUT2D eigenvalue weighted by Crippen LogP contribution is 2.30. The number of allylic oxidation sites excluding steroid dienone is 1. The molecule has 186 valence electrons. The van der Waals surface area contributed by atoms with Gasteiger partial charge in [0.2, 0.25) is 0 Å². The molecule has 0 aliphatic carbocycles. The van der Waals surface area contributed by atoms with Crippen molar-refractivity contribution in [1.29, 1.82) is 5.26 Å². The van der Waals surface area contributed by atoms with Crippen molar-refractivity contribution >= 4 is 23.0 Å². The Kier molecular flexibility index (Phi) is 6.69. The molecule has 0 atom stereocenters. The number of benzene rings is 4. The molecule has 2 aromatic heterocycles. The lowest BCUT2D eigenvalue weighted by atomic mass is 10.1. The van der Waals surface area contributed by atoms with Crippen LogP contribution in [-0.2, 0) is 0 Å². The summed E-state index contributed by atoms with van der Waals surface area (Å²) in [7, 11) is 0. The van der Waals surface area contributed by atoms with Crippen LogP contribution in [-0.4, -0.2) is 14.8 Å². The zero-order chi connectivity index (χ0) is 26.6. The molecule has 0 amide bonds. The molecule has 6 aromatic rings. The lowest BCUT2D eigenvalue weighted by Gasteiger charge is -2.08. The zero-order valence-corrected chi connectivity index (χ0v) is 22.1. The lowest BCUT2D eigenvalue weighted by molar-refractivity contribution is 0.892. The summed E-state index contributed by atoms with van der Waals surface area (Å²) in [5.41, 5.74) is 9.65. The Hall–Kier alpha value is -5.05. The summed E-state index contributed by atoms with van der Waals surface area (Å²) >= 11 is 1.48. The number of hydrogen-bond acceptors (Lipinski definition) is 4. The third-order valence-corrected chi connectivity index (χ3v) is 7.38. The number of nitriles is 1. The molecule has 0 unspecified atom stereocenters. The first kappa shape index (κ1) is 24.3. The molecule has 4 nitrogen and oxygen atoms in total. The van der Waals surface area contributed by atoms with Gasteiger partial charge in [-0.2, -0.15) is 10.4 Å². The van der Waals surface area contributed by atoms with E-state index in [0.29, 0.717) is 10.6 Å². The normalized spacial score (nSPS) is 11.3. The van der Waals surface area contributed by atoms with E-state index in [2.05, 4.69) is 67.6 Å². The van der Waals surface area contributed by atoms with Crippen LogP contribution in [0.4, 0.5) is 0 Å². The molecule has 4 aromatic carbocycles. The second-order valence-electron chi connectivity index (χ2n) is 9.22. The topological polar surface area (TPSA) is 54.5 Å². The highest BCUT2D eigenvalue weighted by molar-refractivity contribution is 7.11. The number of rotatable bonds is 6. The highest BCUT2D eigenvalue weighted by atomic mass is 32.1.